The summed E-state index contributed by atoms with van der Waals surface area (Å²) in [6.45, 7) is -0.186. The Morgan fingerprint density at radius 1 is 1.00 bits per heavy atom. The zero-order chi connectivity index (χ0) is 30.8. The maximum atomic E-state index is 13.5. The summed E-state index contributed by atoms with van der Waals surface area (Å²) < 4.78 is 78.2. The minimum atomic E-state index is -4.76. The van der Waals surface area contributed by atoms with E-state index >= 15 is 0 Å². The van der Waals surface area contributed by atoms with Crippen molar-refractivity contribution in [1.82, 2.24) is 5.32 Å². The minimum absolute atomic E-state index is 0.186. The zero-order valence-electron chi connectivity index (χ0n) is 22.2. The molecule has 0 spiro atoms. The van der Waals surface area contributed by atoms with E-state index in [9.17, 15) is 40.7 Å². The van der Waals surface area contributed by atoms with Gasteiger partial charge in [0.15, 0.2) is 0 Å². The van der Waals surface area contributed by atoms with E-state index in [1.165, 1.54) is 0 Å². The summed E-state index contributed by atoms with van der Waals surface area (Å²) in [4.78, 5) is 40.7. The van der Waals surface area contributed by atoms with Gasteiger partial charge in [-0.25, -0.2) is 0 Å². The first-order valence-electron chi connectivity index (χ1n) is 13.3. The highest BCUT2D eigenvalue weighted by molar-refractivity contribution is 6.30. The van der Waals surface area contributed by atoms with Gasteiger partial charge < -0.3 is 21.3 Å². The number of nitrogens with zero attached hydrogens (tertiary/aromatic N) is 1. The van der Waals surface area contributed by atoms with Crippen molar-refractivity contribution >= 4 is 46.4 Å². The Morgan fingerprint density at radius 3 is 2.19 bits per heavy atom. The molecule has 2 aliphatic rings. The van der Waals surface area contributed by atoms with E-state index in [2.05, 4.69) is 10.6 Å². The Hall–Kier alpha value is -3.48. The molecule has 0 radical (unpaired) electrons. The van der Waals surface area contributed by atoms with Crippen molar-refractivity contribution in [2.24, 2.45) is 17.6 Å². The number of anilines is 3. The molecule has 3 atom stereocenters. The molecule has 228 valence electrons. The van der Waals surface area contributed by atoms with Crippen LogP contribution in [0.4, 0.5) is 43.4 Å². The molecule has 1 saturated carbocycles. The Kier molecular flexibility index (Phi) is 9.29. The van der Waals surface area contributed by atoms with Gasteiger partial charge in [-0.2, -0.15) is 26.3 Å². The number of nitrogens with two attached hydrogens (primary N) is 1. The molecule has 1 aliphatic carbocycles. The zero-order valence-corrected chi connectivity index (χ0v) is 23.0. The first-order chi connectivity index (χ1) is 19.6. The highest BCUT2D eigenvalue weighted by Gasteiger charge is 2.41. The van der Waals surface area contributed by atoms with Crippen LogP contribution in [0.25, 0.3) is 0 Å². The van der Waals surface area contributed by atoms with Gasteiger partial charge in [0.2, 0.25) is 17.7 Å². The molecule has 0 saturated heterocycles. The Bertz CT molecular complexity index is 1330. The topological polar surface area (TPSA) is 105 Å². The molecule has 4 rings (SSSR count). The van der Waals surface area contributed by atoms with Crippen LogP contribution in [-0.4, -0.2) is 42.7 Å². The van der Waals surface area contributed by atoms with E-state index < -0.39 is 73.6 Å². The number of rotatable bonds is 10. The molecular weight excluding hydrogens is 590 g/mol. The Morgan fingerprint density at radius 2 is 1.62 bits per heavy atom. The van der Waals surface area contributed by atoms with Gasteiger partial charge in [-0.05, 0) is 61.4 Å². The molecule has 1 fully saturated rings. The second-order valence-electron chi connectivity index (χ2n) is 10.6. The maximum absolute atomic E-state index is 13.5. The van der Waals surface area contributed by atoms with Crippen molar-refractivity contribution in [3.63, 3.8) is 0 Å². The third kappa shape index (κ3) is 8.08. The number of hydrogen-bond donors (Lipinski definition) is 3. The third-order valence-corrected chi connectivity index (χ3v) is 7.65. The van der Waals surface area contributed by atoms with Gasteiger partial charge in [-0.3, -0.25) is 14.4 Å². The number of amides is 3. The minimum Gasteiger partial charge on any atom is -0.369 e. The van der Waals surface area contributed by atoms with E-state index in [1.54, 1.807) is 35.2 Å². The van der Waals surface area contributed by atoms with Gasteiger partial charge in [-0.15, -0.1) is 0 Å². The number of fused-ring (bicyclic) bond motifs is 1. The van der Waals surface area contributed by atoms with Crippen LogP contribution in [0.3, 0.4) is 0 Å². The molecule has 1 heterocycles. The van der Waals surface area contributed by atoms with Crippen LogP contribution in [0.5, 0.6) is 0 Å². The summed E-state index contributed by atoms with van der Waals surface area (Å²) in [5, 5.41) is 5.62. The first-order valence-corrected chi connectivity index (χ1v) is 13.7. The van der Waals surface area contributed by atoms with Crippen LogP contribution in [0, 0.1) is 11.8 Å². The van der Waals surface area contributed by atoms with Crippen LogP contribution >= 0.6 is 11.6 Å². The largest absolute Gasteiger partial charge is 0.389 e. The number of halogens is 7. The van der Waals surface area contributed by atoms with Crippen LogP contribution in [0.1, 0.15) is 50.0 Å². The lowest BCUT2D eigenvalue weighted by molar-refractivity contribution is -0.152. The van der Waals surface area contributed by atoms with E-state index in [-0.39, 0.29) is 12.5 Å². The normalized spacial score (nSPS) is 18.9. The maximum Gasteiger partial charge on any atom is 0.389 e. The Labute approximate surface area is 242 Å². The molecule has 2 aromatic carbocycles. The predicted molar refractivity (Wildman–Crippen MR) is 144 cm³/mol. The molecular formula is C28H29ClF6N4O3. The summed E-state index contributed by atoms with van der Waals surface area (Å²) in [5.74, 6) is -6.68. The molecule has 0 bridgehead atoms. The fourth-order valence-electron chi connectivity index (χ4n) is 5.20. The van der Waals surface area contributed by atoms with E-state index in [0.717, 1.165) is 18.4 Å². The van der Waals surface area contributed by atoms with Crippen molar-refractivity contribution in [2.75, 3.05) is 16.8 Å². The number of nitrogens with one attached hydrogen (secondary N) is 2. The summed E-state index contributed by atoms with van der Waals surface area (Å²) in [5.41, 5.74) is 7.83. The van der Waals surface area contributed by atoms with Crippen LogP contribution < -0.4 is 21.3 Å². The summed E-state index contributed by atoms with van der Waals surface area (Å²) in [6, 6.07) is 10.8. The molecule has 42 heavy (non-hydrogen) atoms. The SMILES string of the molecule is NC(=O)[C@@H](CCC(F)(F)F)[C@@H](CCC(F)(F)F)C(=O)N[C@H]1CN(c2cccc(Cl)c2)c2cccc(C3CC3)c2NC1=O. The van der Waals surface area contributed by atoms with Crippen LogP contribution in [0.2, 0.25) is 5.02 Å². The van der Waals surface area contributed by atoms with Crippen molar-refractivity contribution < 1.29 is 40.7 Å². The third-order valence-electron chi connectivity index (χ3n) is 7.41. The quantitative estimate of drug-likeness (QED) is 0.276. The number of carbonyl (C=O) groups excluding carboxylic acids is 3. The number of benzene rings is 2. The number of hydrogen-bond acceptors (Lipinski definition) is 4. The average Bonchev–Trinajstić information content (AvgIpc) is 3.73. The Balaban J connectivity index is 1.67. The van der Waals surface area contributed by atoms with E-state index in [4.69, 9.17) is 17.3 Å². The van der Waals surface area contributed by atoms with Gasteiger partial charge in [0.1, 0.15) is 6.04 Å². The molecule has 3 amide bonds. The molecule has 0 aromatic heterocycles. The van der Waals surface area contributed by atoms with Gasteiger partial charge in [-0.1, -0.05) is 29.8 Å². The van der Waals surface area contributed by atoms with E-state index in [1.807, 2.05) is 12.1 Å². The lowest BCUT2D eigenvalue weighted by Gasteiger charge is -2.30. The second-order valence-corrected chi connectivity index (χ2v) is 11.0. The molecule has 2 aromatic rings. The lowest BCUT2D eigenvalue weighted by atomic mass is 9.83. The van der Waals surface area contributed by atoms with Gasteiger partial charge in [0.25, 0.3) is 0 Å². The van der Waals surface area contributed by atoms with Crippen molar-refractivity contribution in [3.05, 3.63) is 53.1 Å². The standard InChI is InChI=1S/C28H29ClF6N4O3/c29-16-3-1-4-17(13-16)39-14-21(26(42)38-23-18(15-7-8-15)5-2-6-22(23)39)37-25(41)20(10-12-28(33,34)35)19(24(36)40)9-11-27(30,31)32/h1-6,13,15,19-21H,7-12,14H2,(H2,36,40)(H,37,41)(H,38,42)/t19-,20+,21-/m0/s1. The summed E-state index contributed by atoms with van der Waals surface area (Å²) >= 11 is 6.22. The monoisotopic (exact) mass is 618 g/mol. The highest BCUT2D eigenvalue weighted by Crippen LogP contribution is 2.48. The van der Waals surface area contributed by atoms with Gasteiger partial charge in [0, 0.05) is 35.4 Å². The lowest BCUT2D eigenvalue weighted by Crippen LogP contribution is -2.52. The molecule has 14 heteroatoms. The van der Waals surface area contributed by atoms with Crippen molar-refractivity contribution in [2.45, 2.75) is 62.8 Å². The van der Waals surface area contributed by atoms with E-state index in [0.29, 0.717) is 22.1 Å². The van der Waals surface area contributed by atoms with Crippen molar-refractivity contribution in [3.8, 4) is 0 Å². The number of alkyl halides is 6. The first kappa shape index (κ1) is 31.5. The summed E-state index contributed by atoms with van der Waals surface area (Å²) in [7, 11) is 0. The molecule has 4 N–H and O–H groups in total. The number of carbonyl (C=O) groups is 3. The summed E-state index contributed by atoms with van der Waals surface area (Å²) in [6.07, 6.45) is -12.7. The fourth-order valence-corrected chi connectivity index (χ4v) is 5.39. The number of primary amides is 1. The second kappa shape index (κ2) is 12.4. The number of para-hydroxylation sites is 1. The fraction of sp³-hybridized carbons (Fsp3) is 0.464. The van der Waals surface area contributed by atoms with Gasteiger partial charge >= 0.3 is 12.4 Å². The molecule has 7 nitrogen and oxygen atoms in total. The predicted octanol–water partition coefficient (Wildman–Crippen LogP) is 6.20. The average molecular weight is 619 g/mol. The van der Waals surface area contributed by atoms with Crippen LogP contribution in [-0.2, 0) is 14.4 Å². The highest BCUT2D eigenvalue weighted by atomic mass is 35.5. The van der Waals surface area contributed by atoms with Gasteiger partial charge in [0.05, 0.1) is 17.9 Å². The molecule has 0 unspecified atom stereocenters. The van der Waals surface area contributed by atoms with Crippen LogP contribution in [0.15, 0.2) is 42.5 Å². The smallest absolute Gasteiger partial charge is 0.369 e. The molecule has 1 aliphatic heterocycles. The van der Waals surface area contributed by atoms with Crippen molar-refractivity contribution in [1.29, 1.82) is 0 Å².